The van der Waals surface area contributed by atoms with Crippen molar-refractivity contribution in [3.63, 3.8) is 0 Å². The maximum Gasteiger partial charge on any atom is 0.241 e. The van der Waals surface area contributed by atoms with Crippen LogP contribution in [0.4, 0.5) is 5.69 Å². The summed E-state index contributed by atoms with van der Waals surface area (Å²) in [6.07, 6.45) is 1.27. The monoisotopic (exact) mass is 260 g/mol. The number of benzene rings is 1. The van der Waals surface area contributed by atoms with Crippen LogP contribution in [0.3, 0.4) is 0 Å². The van der Waals surface area contributed by atoms with Gasteiger partial charge in [-0.3, -0.25) is 4.79 Å². The Labute approximate surface area is 111 Å². The summed E-state index contributed by atoms with van der Waals surface area (Å²) in [5.74, 6) is 0.415. The third kappa shape index (κ3) is 3.17. The molecule has 19 heavy (non-hydrogen) atoms. The molecule has 1 atom stereocenters. The van der Waals surface area contributed by atoms with E-state index in [1.54, 1.807) is 24.3 Å². The Kier molecular flexibility index (Phi) is 3.91. The number of nitrogens with two attached hydrogens (primary N) is 1. The van der Waals surface area contributed by atoms with Gasteiger partial charge in [-0.15, -0.1) is 0 Å². The van der Waals surface area contributed by atoms with Crippen molar-refractivity contribution in [2.75, 3.05) is 5.32 Å². The lowest BCUT2D eigenvalue weighted by molar-refractivity contribution is -0.118. The lowest BCUT2D eigenvalue weighted by Gasteiger charge is -2.15. The molecule has 6 heteroatoms. The number of hydrogen-bond acceptors (Lipinski definition) is 5. The van der Waals surface area contributed by atoms with Gasteiger partial charge >= 0.3 is 0 Å². The van der Waals surface area contributed by atoms with Crippen LogP contribution in [0.1, 0.15) is 13.8 Å². The van der Waals surface area contributed by atoms with Crippen LogP contribution in [0, 0.1) is 5.92 Å². The zero-order chi connectivity index (χ0) is 13.8. The predicted octanol–water partition coefficient (Wildman–Crippen LogP) is 1.66. The maximum atomic E-state index is 11.8. The molecule has 0 radical (unpaired) electrons. The Morgan fingerprint density at radius 1 is 1.32 bits per heavy atom. The van der Waals surface area contributed by atoms with Gasteiger partial charge in [-0.25, -0.2) is 0 Å². The number of aromatic nitrogens is 2. The average Bonchev–Trinajstić information content (AvgIpc) is 2.92. The van der Waals surface area contributed by atoms with Gasteiger partial charge in [0.1, 0.15) is 0 Å². The molecule has 2 rings (SSSR count). The standard InChI is InChI=1S/C13H16N4O2/c1-8(2)11(14)13(18)16-10-5-3-9(4-6-10)12-15-7-19-17-12/h3-8,11H,14H2,1-2H3,(H,16,18)/t11-/m0/s1. The summed E-state index contributed by atoms with van der Waals surface area (Å²) < 4.78 is 4.67. The van der Waals surface area contributed by atoms with E-state index < -0.39 is 6.04 Å². The molecule has 2 aromatic rings. The van der Waals surface area contributed by atoms with Crippen LogP contribution in [0.5, 0.6) is 0 Å². The normalized spacial score (nSPS) is 12.4. The van der Waals surface area contributed by atoms with Crippen molar-refractivity contribution in [3.8, 4) is 11.4 Å². The number of nitrogens with one attached hydrogen (secondary N) is 1. The Morgan fingerprint density at radius 3 is 2.53 bits per heavy atom. The first-order valence-corrected chi connectivity index (χ1v) is 6.01. The minimum absolute atomic E-state index is 0.0959. The second-order valence-electron chi connectivity index (χ2n) is 4.59. The molecular formula is C13H16N4O2. The van der Waals surface area contributed by atoms with E-state index in [9.17, 15) is 4.79 Å². The van der Waals surface area contributed by atoms with E-state index in [4.69, 9.17) is 5.73 Å². The first kappa shape index (κ1) is 13.2. The highest BCUT2D eigenvalue weighted by atomic mass is 16.5. The largest absolute Gasteiger partial charge is 0.342 e. The number of hydrogen-bond donors (Lipinski definition) is 2. The number of carbonyl (C=O) groups is 1. The molecule has 0 unspecified atom stereocenters. The summed E-state index contributed by atoms with van der Waals surface area (Å²) in [4.78, 5) is 15.7. The molecule has 3 N–H and O–H groups in total. The highest BCUT2D eigenvalue weighted by Crippen LogP contribution is 2.17. The van der Waals surface area contributed by atoms with E-state index in [-0.39, 0.29) is 11.8 Å². The highest BCUT2D eigenvalue weighted by Gasteiger charge is 2.17. The number of anilines is 1. The maximum absolute atomic E-state index is 11.8. The molecule has 0 saturated carbocycles. The van der Waals surface area contributed by atoms with E-state index in [1.165, 1.54) is 6.39 Å². The van der Waals surface area contributed by atoms with Crippen molar-refractivity contribution >= 4 is 11.6 Å². The van der Waals surface area contributed by atoms with Gasteiger partial charge in [0, 0.05) is 11.3 Å². The van der Waals surface area contributed by atoms with E-state index in [1.807, 2.05) is 13.8 Å². The predicted molar refractivity (Wildman–Crippen MR) is 71.2 cm³/mol. The molecule has 0 saturated heterocycles. The van der Waals surface area contributed by atoms with Crippen LogP contribution < -0.4 is 11.1 Å². The quantitative estimate of drug-likeness (QED) is 0.871. The summed E-state index contributed by atoms with van der Waals surface area (Å²) in [5, 5.41) is 6.50. The minimum atomic E-state index is -0.517. The summed E-state index contributed by atoms with van der Waals surface area (Å²) in [6.45, 7) is 3.81. The van der Waals surface area contributed by atoms with E-state index in [0.29, 0.717) is 11.5 Å². The summed E-state index contributed by atoms with van der Waals surface area (Å²) in [6, 6.07) is 6.65. The smallest absolute Gasteiger partial charge is 0.241 e. The fraction of sp³-hybridized carbons (Fsp3) is 0.308. The first-order valence-electron chi connectivity index (χ1n) is 6.01. The van der Waals surface area contributed by atoms with Crippen molar-refractivity contribution in [1.82, 2.24) is 10.1 Å². The summed E-state index contributed by atoms with van der Waals surface area (Å²) in [5.41, 5.74) is 7.28. The second kappa shape index (κ2) is 5.62. The molecule has 1 heterocycles. The number of amides is 1. The van der Waals surface area contributed by atoms with Gasteiger partial charge < -0.3 is 15.6 Å². The van der Waals surface area contributed by atoms with Gasteiger partial charge in [0.25, 0.3) is 0 Å². The van der Waals surface area contributed by atoms with Gasteiger partial charge in [-0.05, 0) is 30.2 Å². The first-order chi connectivity index (χ1) is 9.08. The lowest BCUT2D eigenvalue weighted by Crippen LogP contribution is -2.39. The SMILES string of the molecule is CC(C)[C@H](N)C(=O)Nc1ccc(-c2ncon2)cc1. The van der Waals surface area contributed by atoms with Crippen molar-refractivity contribution in [2.24, 2.45) is 11.7 Å². The van der Waals surface area contributed by atoms with Gasteiger partial charge in [0.2, 0.25) is 18.1 Å². The average molecular weight is 260 g/mol. The van der Waals surface area contributed by atoms with Crippen molar-refractivity contribution < 1.29 is 9.32 Å². The van der Waals surface area contributed by atoms with Gasteiger partial charge in [-0.1, -0.05) is 19.0 Å². The Hall–Kier alpha value is -2.21. The van der Waals surface area contributed by atoms with Crippen LogP contribution in [-0.2, 0) is 4.79 Å². The summed E-state index contributed by atoms with van der Waals surface area (Å²) >= 11 is 0. The third-order valence-electron chi connectivity index (χ3n) is 2.79. The molecule has 0 aliphatic carbocycles. The molecule has 0 bridgehead atoms. The summed E-state index contributed by atoms with van der Waals surface area (Å²) in [7, 11) is 0. The van der Waals surface area contributed by atoms with E-state index >= 15 is 0 Å². The van der Waals surface area contributed by atoms with Crippen LogP contribution in [0.2, 0.25) is 0 Å². The fourth-order valence-corrected chi connectivity index (χ4v) is 1.53. The molecule has 0 aliphatic rings. The number of rotatable bonds is 4. The number of carbonyl (C=O) groups excluding carboxylic acids is 1. The number of nitrogens with zero attached hydrogens (tertiary/aromatic N) is 2. The van der Waals surface area contributed by atoms with Crippen LogP contribution in [0.15, 0.2) is 35.2 Å². The zero-order valence-corrected chi connectivity index (χ0v) is 10.8. The van der Waals surface area contributed by atoms with Gasteiger partial charge in [0.05, 0.1) is 6.04 Å². The molecule has 0 aliphatic heterocycles. The minimum Gasteiger partial charge on any atom is -0.342 e. The molecule has 1 aromatic heterocycles. The lowest BCUT2D eigenvalue weighted by atomic mass is 10.0. The Balaban J connectivity index is 2.05. The van der Waals surface area contributed by atoms with Crippen molar-refractivity contribution in [2.45, 2.75) is 19.9 Å². The second-order valence-corrected chi connectivity index (χ2v) is 4.59. The molecule has 1 aromatic carbocycles. The van der Waals surface area contributed by atoms with E-state index in [0.717, 1.165) is 5.56 Å². The van der Waals surface area contributed by atoms with Gasteiger partial charge in [-0.2, -0.15) is 4.98 Å². The molecule has 0 spiro atoms. The Morgan fingerprint density at radius 2 is 2.00 bits per heavy atom. The van der Waals surface area contributed by atoms with Crippen LogP contribution in [0.25, 0.3) is 11.4 Å². The van der Waals surface area contributed by atoms with Crippen molar-refractivity contribution in [1.29, 1.82) is 0 Å². The van der Waals surface area contributed by atoms with Crippen molar-refractivity contribution in [3.05, 3.63) is 30.7 Å². The molecular weight excluding hydrogens is 244 g/mol. The fourth-order valence-electron chi connectivity index (χ4n) is 1.53. The van der Waals surface area contributed by atoms with Crippen LogP contribution in [-0.4, -0.2) is 22.1 Å². The highest BCUT2D eigenvalue weighted by molar-refractivity contribution is 5.95. The molecule has 0 fully saturated rings. The van der Waals surface area contributed by atoms with E-state index in [2.05, 4.69) is 20.0 Å². The Bertz CT molecular complexity index is 534. The molecule has 6 nitrogen and oxygen atoms in total. The molecule has 100 valence electrons. The topological polar surface area (TPSA) is 94.0 Å². The van der Waals surface area contributed by atoms with Crippen LogP contribution >= 0.6 is 0 Å². The van der Waals surface area contributed by atoms with Gasteiger partial charge in [0.15, 0.2) is 0 Å². The molecule has 1 amide bonds. The third-order valence-corrected chi connectivity index (χ3v) is 2.79. The zero-order valence-electron chi connectivity index (χ0n) is 10.8.